The van der Waals surface area contributed by atoms with Crippen molar-refractivity contribution in [2.45, 2.75) is 31.8 Å². The number of fused-ring (bicyclic) bond motifs is 1. The number of nitrogens with zero attached hydrogens (tertiary/aromatic N) is 1. The van der Waals surface area contributed by atoms with Gasteiger partial charge in [0.1, 0.15) is 0 Å². The van der Waals surface area contributed by atoms with Crippen molar-refractivity contribution in [3.05, 3.63) is 63.2 Å². The molecule has 0 spiro atoms. The van der Waals surface area contributed by atoms with Gasteiger partial charge >= 0.3 is 0 Å². The molecule has 1 aliphatic carbocycles. The quantitative estimate of drug-likeness (QED) is 0.771. The molecule has 0 saturated heterocycles. The third kappa shape index (κ3) is 3.00. The van der Waals surface area contributed by atoms with Gasteiger partial charge in [-0.25, -0.2) is 4.98 Å². The summed E-state index contributed by atoms with van der Waals surface area (Å²) in [5.74, 6) is 0.807. The van der Waals surface area contributed by atoms with Gasteiger partial charge in [-0.05, 0) is 37.0 Å². The monoisotopic (exact) mass is 327 g/mol. The molecule has 4 rings (SSSR count). The van der Waals surface area contributed by atoms with Gasteiger partial charge in [-0.1, -0.05) is 6.07 Å². The van der Waals surface area contributed by atoms with Crippen LogP contribution in [-0.4, -0.2) is 9.97 Å². The second kappa shape index (κ2) is 6.14. The lowest BCUT2D eigenvalue weighted by Crippen LogP contribution is -2.27. The number of hydrogen-bond donors (Lipinski definition) is 2. The summed E-state index contributed by atoms with van der Waals surface area (Å²) in [7, 11) is 0. The van der Waals surface area contributed by atoms with E-state index >= 15 is 0 Å². The van der Waals surface area contributed by atoms with Crippen molar-refractivity contribution in [3.8, 4) is 10.8 Å². The highest BCUT2D eigenvalue weighted by molar-refractivity contribution is 7.13. The highest BCUT2D eigenvalue weighted by Gasteiger charge is 2.20. The molecule has 2 N–H and O–H groups in total. The van der Waals surface area contributed by atoms with Crippen LogP contribution in [0.3, 0.4) is 0 Å². The van der Waals surface area contributed by atoms with E-state index in [1.165, 1.54) is 5.56 Å². The fraction of sp³-hybridized carbons (Fsp3) is 0.294. The summed E-state index contributed by atoms with van der Waals surface area (Å²) in [4.78, 5) is 19.0. The molecule has 5 nitrogen and oxygen atoms in total. The number of pyridine rings is 1. The van der Waals surface area contributed by atoms with Gasteiger partial charge in [-0.2, -0.15) is 0 Å². The first kappa shape index (κ1) is 14.4. The Labute approximate surface area is 137 Å². The number of aromatic nitrogens is 2. The van der Waals surface area contributed by atoms with Crippen molar-refractivity contribution >= 4 is 11.3 Å². The predicted octanol–water partition coefficient (Wildman–Crippen LogP) is 3.26. The number of thiazole rings is 1. The van der Waals surface area contributed by atoms with E-state index in [2.05, 4.69) is 20.7 Å². The van der Waals surface area contributed by atoms with Crippen LogP contribution in [0.5, 0.6) is 0 Å². The topological polar surface area (TPSA) is 70.9 Å². The number of furan rings is 1. The molecule has 1 unspecified atom stereocenters. The summed E-state index contributed by atoms with van der Waals surface area (Å²) in [5, 5.41) is 6.52. The Kier molecular flexibility index (Phi) is 3.85. The maximum absolute atomic E-state index is 11.4. The van der Waals surface area contributed by atoms with Crippen molar-refractivity contribution < 1.29 is 4.42 Å². The van der Waals surface area contributed by atoms with Crippen LogP contribution in [0.25, 0.3) is 10.8 Å². The van der Waals surface area contributed by atoms with Crippen LogP contribution < -0.4 is 10.9 Å². The second-order valence-electron chi connectivity index (χ2n) is 5.70. The molecule has 1 aliphatic rings. The van der Waals surface area contributed by atoms with Gasteiger partial charge in [0.2, 0.25) is 5.56 Å². The van der Waals surface area contributed by atoms with Crippen LogP contribution in [0.15, 0.2) is 45.1 Å². The lowest BCUT2D eigenvalue weighted by Gasteiger charge is -2.25. The fourth-order valence-electron chi connectivity index (χ4n) is 3.04. The van der Waals surface area contributed by atoms with E-state index in [1.54, 1.807) is 23.7 Å². The zero-order valence-electron chi connectivity index (χ0n) is 12.5. The lowest BCUT2D eigenvalue weighted by atomic mass is 9.91. The van der Waals surface area contributed by atoms with Crippen LogP contribution in [0, 0.1) is 0 Å². The van der Waals surface area contributed by atoms with Crippen LogP contribution in [0.1, 0.15) is 35.8 Å². The molecular weight excluding hydrogens is 310 g/mol. The number of aryl methyl sites for hydroxylation is 1. The first-order valence-corrected chi connectivity index (χ1v) is 8.61. The molecule has 0 bridgehead atoms. The van der Waals surface area contributed by atoms with E-state index in [0.29, 0.717) is 6.54 Å². The zero-order valence-corrected chi connectivity index (χ0v) is 13.4. The molecule has 3 heterocycles. The minimum Gasteiger partial charge on any atom is -0.462 e. The summed E-state index contributed by atoms with van der Waals surface area (Å²) < 4.78 is 5.38. The largest absolute Gasteiger partial charge is 0.462 e. The SMILES string of the molecule is O=c1ccc2c([nH]1)CCCC2NCc1csc(-c2ccco2)n1. The van der Waals surface area contributed by atoms with Crippen molar-refractivity contribution in [2.75, 3.05) is 0 Å². The zero-order chi connectivity index (χ0) is 15.6. The summed E-state index contributed by atoms with van der Waals surface area (Å²) in [6.45, 7) is 0.709. The van der Waals surface area contributed by atoms with Gasteiger partial charge in [-0.15, -0.1) is 11.3 Å². The van der Waals surface area contributed by atoms with Crippen LogP contribution in [-0.2, 0) is 13.0 Å². The van der Waals surface area contributed by atoms with E-state index in [9.17, 15) is 4.79 Å². The average Bonchev–Trinajstić information content (AvgIpc) is 3.23. The van der Waals surface area contributed by atoms with E-state index in [1.807, 2.05) is 18.2 Å². The molecule has 3 aromatic heterocycles. The van der Waals surface area contributed by atoms with Crippen molar-refractivity contribution in [2.24, 2.45) is 0 Å². The summed E-state index contributed by atoms with van der Waals surface area (Å²) in [6, 6.07) is 7.61. The molecule has 0 radical (unpaired) electrons. The minimum absolute atomic E-state index is 0.0213. The predicted molar refractivity (Wildman–Crippen MR) is 89.4 cm³/mol. The van der Waals surface area contributed by atoms with Crippen LogP contribution in [0.2, 0.25) is 0 Å². The molecule has 0 saturated carbocycles. The van der Waals surface area contributed by atoms with Gasteiger partial charge < -0.3 is 14.7 Å². The summed E-state index contributed by atoms with van der Waals surface area (Å²) in [5.41, 5.74) is 3.26. The standard InChI is InChI=1S/C17H17N3O2S/c21-16-7-6-12-13(3-1-4-14(12)20-16)18-9-11-10-23-17(19-11)15-5-2-8-22-15/h2,5-8,10,13,18H,1,3-4,9H2,(H,20,21). The van der Waals surface area contributed by atoms with Crippen molar-refractivity contribution in [1.29, 1.82) is 0 Å². The Morgan fingerprint density at radius 1 is 1.39 bits per heavy atom. The van der Waals surface area contributed by atoms with Gasteiger partial charge in [-0.3, -0.25) is 4.79 Å². The Balaban J connectivity index is 1.47. The molecule has 0 aliphatic heterocycles. The molecule has 0 amide bonds. The van der Waals surface area contributed by atoms with Gasteiger partial charge in [0.15, 0.2) is 10.8 Å². The lowest BCUT2D eigenvalue weighted by molar-refractivity contribution is 0.451. The number of H-pyrrole nitrogens is 1. The third-order valence-corrected chi connectivity index (χ3v) is 5.05. The Hall–Kier alpha value is -2.18. The van der Waals surface area contributed by atoms with Crippen molar-refractivity contribution in [3.63, 3.8) is 0 Å². The number of nitrogens with one attached hydrogen (secondary N) is 2. The molecule has 118 valence electrons. The van der Waals surface area contributed by atoms with E-state index in [4.69, 9.17) is 4.42 Å². The van der Waals surface area contributed by atoms with Crippen molar-refractivity contribution in [1.82, 2.24) is 15.3 Å². The summed E-state index contributed by atoms with van der Waals surface area (Å²) >= 11 is 1.59. The smallest absolute Gasteiger partial charge is 0.248 e. The number of aromatic amines is 1. The minimum atomic E-state index is -0.0213. The highest BCUT2D eigenvalue weighted by Crippen LogP contribution is 2.28. The highest BCUT2D eigenvalue weighted by atomic mass is 32.1. The molecule has 23 heavy (non-hydrogen) atoms. The Morgan fingerprint density at radius 3 is 3.22 bits per heavy atom. The Morgan fingerprint density at radius 2 is 2.35 bits per heavy atom. The van der Waals surface area contributed by atoms with Gasteiger partial charge in [0.25, 0.3) is 0 Å². The maximum atomic E-state index is 11.4. The van der Waals surface area contributed by atoms with E-state index in [-0.39, 0.29) is 11.6 Å². The maximum Gasteiger partial charge on any atom is 0.248 e. The second-order valence-corrected chi connectivity index (χ2v) is 6.56. The third-order valence-electron chi connectivity index (χ3n) is 4.15. The average molecular weight is 327 g/mol. The number of hydrogen-bond acceptors (Lipinski definition) is 5. The first-order chi connectivity index (χ1) is 11.3. The van der Waals surface area contributed by atoms with Gasteiger partial charge in [0.05, 0.1) is 12.0 Å². The molecule has 3 aromatic rings. The molecule has 1 atom stereocenters. The molecule has 0 aromatic carbocycles. The van der Waals surface area contributed by atoms with Crippen LogP contribution >= 0.6 is 11.3 Å². The molecular formula is C17H17N3O2S. The summed E-state index contributed by atoms with van der Waals surface area (Å²) in [6.07, 6.45) is 4.77. The normalized spacial score (nSPS) is 17.1. The fourth-order valence-corrected chi connectivity index (χ4v) is 3.83. The number of rotatable bonds is 4. The molecule has 6 heteroatoms. The van der Waals surface area contributed by atoms with E-state index < -0.39 is 0 Å². The van der Waals surface area contributed by atoms with Gasteiger partial charge in [0, 0.05) is 29.7 Å². The Bertz CT molecular complexity index is 851. The van der Waals surface area contributed by atoms with Crippen LogP contribution in [0.4, 0.5) is 0 Å². The molecule has 0 fully saturated rings. The first-order valence-electron chi connectivity index (χ1n) is 7.73. The van der Waals surface area contributed by atoms with E-state index in [0.717, 1.165) is 41.4 Å².